The van der Waals surface area contributed by atoms with E-state index >= 15 is 0 Å². The average Bonchev–Trinajstić information content (AvgIpc) is 3.20. The highest BCUT2D eigenvalue weighted by molar-refractivity contribution is 5.43. The highest BCUT2D eigenvalue weighted by Crippen LogP contribution is 2.39. The fraction of sp³-hybridized carbons (Fsp3) is 0.450. The van der Waals surface area contributed by atoms with Crippen molar-refractivity contribution < 1.29 is 0 Å². The van der Waals surface area contributed by atoms with Crippen LogP contribution in [0, 0.1) is 6.92 Å². The van der Waals surface area contributed by atoms with Gasteiger partial charge in [0.25, 0.3) is 5.56 Å². The lowest BCUT2D eigenvalue weighted by atomic mass is 10.2. The molecule has 5 rings (SSSR count). The summed E-state index contributed by atoms with van der Waals surface area (Å²) in [5.74, 6) is 3.17. The van der Waals surface area contributed by atoms with Gasteiger partial charge in [-0.3, -0.25) is 9.36 Å². The molecule has 0 spiro atoms. The van der Waals surface area contributed by atoms with Crippen LogP contribution in [0.15, 0.2) is 41.7 Å². The Morgan fingerprint density at radius 2 is 2.04 bits per heavy atom. The van der Waals surface area contributed by atoms with Crippen molar-refractivity contribution >= 4 is 5.82 Å². The number of hydrogen-bond donors (Lipinski definition) is 0. The lowest BCUT2D eigenvalue weighted by molar-refractivity contribution is 0.484. The van der Waals surface area contributed by atoms with E-state index in [0.717, 1.165) is 36.7 Å². The summed E-state index contributed by atoms with van der Waals surface area (Å²) in [6, 6.07) is 5.55. The van der Waals surface area contributed by atoms with Gasteiger partial charge in [-0.05, 0) is 38.7 Å². The van der Waals surface area contributed by atoms with Crippen LogP contribution in [0.5, 0.6) is 0 Å². The molecule has 2 aliphatic rings. The second-order valence-electron chi connectivity index (χ2n) is 7.67. The largest absolute Gasteiger partial charge is 0.352 e. The molecule has 4 heterocycles. The third-order valence-electron chi connectivity index (χ3n) is 5.48. The van der Waals surface area contributed by atoms with Gasteiger partial charge in [-0.15, -0.1) is 0 Å². The van der Waals surface area contributed by atoms with Gasteiger partial charge in [0.2, 0.25) is 0 Å². The van der Waals surface area contributed by atoms with Gasteiger partial charge in [0.1, 0.15) is 18.0 Å². The Balaban J connectivity index is 1.42. The van der Waals surface area contributed by atoms with Crippen molar-refractivity contribution in [2.45, 2.75) is 51.1 Å². The van der Waals surface area contributed by atoms with Crippen molar-refractivity contribution in [2.75, 3.05) is 11.4 Å². The topological polar surface area (TPSA) is 81.7 Å². The van der Waals surface area contributed by atoms with Gasteiger partial charge in [0, 0.05) is 42.7 Å². The molecule has 1 aliphatic heterocycles. The lowest BCUT2D eigenvalue weighted by Gasteiger charge is -2.26. The predicted molar refractivity (Wildman–Crippen MR) is 105 cm³/mol. The van der Waals surface area contributed by atoms with Crippen LogP contribution >= 0.6 is 0 Å². The Morgan fingerprint density at radius 1 is 1.14 bits per heavy atom. The number of anilines is 1. The summed E-state index contributed by atoms with van der Waals surface area (Å²) in [7, 11) is 0. The zero-order valence-electron chi connectivity index (χ0n) is 15.9. The smallest absolute Gasteiger partial charge is 0.266 e. The Labute approximate surface area is 162 Å². The molecule has 0 radical (unpaired) electrons. The molecule has 144 valence electrons. The molecule has 3 aromatic heterocycles. The molecular formula is C20H23N7O. The van der Waals surface area contributed by atoms with Crippen LogP contribution in [-0.2, 0) is 6.54 Å². The van der Waals surface area contributed by atoms with Crippen molar-refractivity contribution in [2.24, 2.45) is 0 Å². The van der Waals surface area contributed by atoms with Gasteiger partial charge in [-0.1, -0.05) is 0 Å². The van der Waals surface area contributed by atoms with Crippen LogP contribution in [0.25, 0.3) is 5.82 Å². The standard InChI is InChI=1S/C20H23N7O/c1-14-11-18(23-20(22-14)15-4-5-15)26-9-2-3-16(26)12-27-19(28)7-6-17(24-27)25-10-8-21-13-25/h6-8,10-11,13,15-16H,2-5,9,12H2,1H3. The first kappa shape index (κ1) is 17.1. The zero-order valence-corrected chi connectivity index (χ0v) is 15.9. The van der Waals surface area contributed by atoms with Crippen LogP contribution in [0.4, 0.5) is 5.82 Å². The van der Waals surface area contributed by atoms with Gasteiger partial charge >= 0.3 is 0 Å². The van der Waals surface area contributed by atoms with Crippen LogP contribution in [-0.4, -0.2) is 41.9 Å². The highest BCUT2D eigenvalue weighted by Gasteiger charge is 2.30. The molecule has 0 N–H and O–H groups in total. The van der Waals surface area contributed by atoms with Crippen molar-refractivity contribution in [1.29, 1.82) is 0 Å². The van der Waals surface area contributed by atoms with E-state index in [-0.39, 0.29) is 11.6 Å². The minimum atomic E-state index is -0.0896. The molecule has 8 nitrogen and oxygen atoms in total. The molecule has 0 aromatic carbocycles. The Morgan fingerprint density at radius 3 is 2.82 bits per heavy atom. The van der Waals surface area contributed by atoms with Crippen LogP contribution < -0.4 is 10.5 Å². The van der Waals surface area contributed by atoms with E-state index in [1.165, 1.54) is 12.8 Å². The first-order chi connectivity index (χ1) is 13.7. The van der Waals surface area contributed by atoms with Gasteiger partial charge in [-0.2, -0.15) is 5.10 Å². The Hall–Kier alpha value is -3.03. The number of nitrogens with zero attached hydrogens (tertiary/aromatic N) is 7. The Kier molecular flexibility index (Phi) is 4.18. The third kappa shape index (κ3) is 3.30. The van der Waals surface area contributed by atoms with E-state index in [1.54, 1.807) is 33.9 Å². The first-order valence-electron chi connectivity index (χ1n) is 9.86. The fourth-order valence-electron chi connectivity index (χ4n) is 3.87. The molecule has 1 saturated heterocycles. The number of rotatable bonds is 5. The van der Waals surface area contributed by atoms with Crippen molar-refractivity contribution in [3.05, 3.63) is 58.8 Å². The second kappa shape index (κ2) is 6.85. The first-order valence-corrected chi connectivity index (χ1v) is 9.86. The molecule has 1 saturated carbocycles. The molecule has 1 unspecified atom stereocenters. The molecular weight excluding hydrogens is 354 g/mol. The maximum atomic E-state index is 12.4. The molecule has 1 atom stereocenters. The number of aromatic nitrogens is 6. The minimum absolute atomic E-state index is 0.0896. The fourth-order valence-corrected chi connectivity index (χ4v) is 3.87. The number of imidazole rings is 1. The van der Waals surface area contributed by atoms with E-state index in [2.05, 4.69) is 26.0 Å². The summed E-state index contributed by atoms with van der Waals surface area (Å²) >= 11 is 0. The maximum absolute atomic E-state index is 12.4. The average molecular weight is 377 g/mol. The maximum Gasteiger partial charge on any atom is 0.266 e. The van der Waals surface area contributed by atoms with Gasteiger partial charge in [0.05, 0.1) is 12.6 Å². The van der Waals surface area contributed by atoms with Gasteiger partial charge < -0.3 is 4.90 Å². The molecule has 3 aromatic rings. The number of aryl methyl sites for hydroxylation is 1. The normalized spacial score (nSPS) is 19.3. The van der Waals surface area contributed by atoms with Crippen LogP contribution in [0.2, 0.25) is 0 Å². The monoisotopic (exact) mass is 377 g/mol. The molecule has 0 amide bonds. The molecule has 8 heteroatoms. The van der Waals surface area contributed by atoms with Crippen molar-refractivity contribution in [3.8, 4) is 5.82 Å². The Bertz CT molecular complexity index is 1040. The predicted octanol–water partition coefficient (Wildman–Crippen LogP) is 2.07. The molecule has 1 aliphatic carbocycles. The zero-order chi connectivity index (χ0) is 19.1. The van der Waals surface area contributed by atoms with E-state index < -0.39 is 0 Å². The third-order valence-corrected chi connectivity index (χ3v) is 5.48. The van der Waals surface area contributed by atoms with Crippen LogP contribution in [0.1, 0.15) is 43.1 Å². The summed E-state index contributed by atoms with van der Waals surface area (Å²) in [6.45, 7) is 3.52. The molecule has 2 fully saturated rings. The van der Waals surface area contributed by atoms with E-state index in [1.807, 2.05) is 13.1 Å². The van der Waals surface area contributed by atoms with Crippen molar-refractivity contribution in [1.82, 2.24) is 29.3 Å². The number of hydrogen-bond acceptors (Lipinski definition) is 6. The quantitative estimate of drug-likeness (QED) is 0.677. The van der Waals surface area contributed by atoms with E-state index in [4.69, 9.17) is 4.98 Å². The lowest BCUT2D eigenvalue weighted by Crippen LogP contribution is -2.37. The van der Waals surface area contributed by atoms with E-state index in [0.29, 0.717) is 18.3 Å². The summed E-state index contributed by atoms with van der Waals surface area (Å²) < 4.78 is 3.37. The van der Waals surface area contributed by atoms with Gasteiger partial charge in [-0.25, -0.2) is 19.6 Å². The van der Waals surface area contributed by atoms with Crippen LogP contribution in [0.3, 0.4) is 0 Å². The SMILES string of the molecule is Cc1cc(N2CCCC2Cn2nc(-n3ccnc3)ccc2=O)nc(C2CC2)n1. The van der Waals surface area contributed by atoms with Crippen molar-refractivity contribution in [3.63, 3.8) is 0 Å². The summed E-state index contributed by atoms with van der Waals surface area (Å²) in [4.78, 5) is 28.2. The second-order valence-corrected chi connectivity index (χ2v) is 7.67. The molecule has 0 bridgehead atoms. The summed E-state index contributed by atoms with van der Waals surface area (Å²) in [5.41, 5.74) is 0.920. The minimum Gasteiger partial charge on any atom is -0.352 e. The summed E-state index contributed by atoms with van der Waals surface area (Å²) in [6.07, 6.45) is 9.68. The highest BCUT2D eigenvalue weighted by atomic mass is 16.1. The molecule has 28 heavy (non-hydrogen) atoms. The summed E-state index contributed by atoms with van der Waals surface area (Å²) in [5, 5.41) is 4.55. The van der Waals surface area contributed by atoms with Gasteiger partial charge in [0.15, 0.2) is 5.82 Å². The van der Waals surface area contributed by atoms with E-state index in [9.17, 15) is 4.79 Å².